The minimum atomic E-state index is -0.475. The number of aromatic nitrogens is 3. The molecule has 0 bridgehead atoms. The van der Waals surface area contributed by atoms with Crippen LogP contribution in [0.1, 0.15) is 17.4 Å². The van der Waals surface area contributed by atoms with Crippen molar-refractivity contribution in [3.05, 3.63) is 75.1 Å². The van der Waals surface area contributed by atoms with Crippen LogP contribution in [0, 0.1) is 10.1 Å². The molecular weight excluding hydrogens is 402 g/mol. The number of non-ortho nitro benzene ring substituents is 1. The van der Waals surface area contributed by atoms with Crippen molar-refractivity contribution in [1.82, 2.24) is 14.8 Å². The van der Waals surface area contributed by atoms with Gasteiger partial charge in [-0.25, -0.2) is 9.67 Å². The van der Waals surface area contributed by atoms with E-state index in [0.717, 1.165) is 4.47 Å². The average Bonchev–Trinajstić information content (AvgIpc) is 3.14. The van der Waals surface area contributed by atoms with Crippen molar-refractivity contribution in [2.45, 2.75) is 6.92 Å². The minimum absolute atomic E-state index is 0.0416. The lowest BCUT2D eigenvalue weighted by atomic mass is 10.3. The highest BCUT2D eigenvalue weighted by atomic mass is 79.9. The Balaban J connectivity index is 1.88. The molecule has 8 nitrogen and oxygen atoms in total. The van der Waals surface area contributed by atoms with Crippen LogP contribution in [0.15, 0.2) is 59.3 Å². The molecule has 0 aliphatic heterocycles. The molecule has 0 saturated carbocycles. The summed E-state index contributed by atoms with van der Waals surface area (Å²) in [4.78, 5) is 29.0. The zero-order valence-corrected chi connectivity index (χ0v) is 15.3. The molecule has 9 heteroatoms. The fourth-order valence-corrected chi connectivity index (χ4v) is 2.64. The van der Waals surface area contributed by atoms with Crippen molar-refractivity contribution < 1.29 is 9.72 Å². The predicted molar refractivity (Wildman–Crippen MR) is 99.5 cm³/mol. The minimum Gasteiger partial charge on any atom is -0.292 e. The number of hydrogen-bond acceptors (Lipinski definition) is 5. The van der Waals surface area contributed by atoms with Crippen LogP contribution in [-0.4, -0.2) is 32.1 Å². The van der Waals surface area contributed by atoms with Crippen LogP contribution >= 0.6 is 15.9 Å². The fraction of sp³-hybridized carbons (Fsp3) is 0.118. The largest absolute Gasteiger partial charge is 0.292 e. The van der Waals surface area contributed by atoms with Gasteiger partial charge in [0, 0.05) is 35.5 Å². The van der Waals surface area contributed by atoms with Gasteiger partial charge < -0.3 is 0 Å². The topological polar surface area (TPSA) is 94.2 Å². The number of hydrogen-bond donors (Lipinski definition) is 0. The van der Waals surface area contributed by atoms with E-state index in [-0.39, 0.29) is 17.3 Å². The molecule has 0 atom stereocenters. The number of rotatable bonds is 5. The van der Waals surface area contributed by atoms with E-state index in [0.29, 0.717) is 18.1 Å². The van der Waals surface area contributed by atoms with Crippen molar-refractivity contribution in [2.75, 3.05) is 11.4 Å². The van der Waals surface area contributed by atoms with Crippen molar-refractivity contribution in [3.63, 3.8) is 0 Å². The molecule has 132 valence electrons. The van der Waals surface area contributed by atoms with Crippen LogP contribution in [0.25, 0.3) is 5.69 Å². The number of nitro benzene ring substituents is 1. The Labute approximate surface area is 157 Å². The Morgan fingerprint density at radius 3 is 2.77 bits per heavy atom. The number of amides is 1. The molecule has 26 heavy (non-hydrogen) atoms. The first-order chi connectivity index (χ1) is 12.5. The second-order valence-electron chi connectivity index (χ2n) is 5.31. The lowest BCUT2D eigenvalue weighted by molar-refractivity contribution is -0.384. The maximum absolute atomic E-state index is 12.8. The Kier molecular flexibility index (Phi) is 5.08. The first kappa shape index (κ1) is 17.7. The van der Waals surface area contributed by atoms with Gasteiger partial charge in [0.05, 0.1) is 10.6 Å². The van der Waals surface area contributed by atoms with E-state index in [1.165, 1.54) is 21.7 Å². The highest BCUT2D eigenvalue weighted by Crippen LogP contribution is 2.19. The van der Waals surface area contributed by atoms with Crippen molar-refractivity contribution >= 4 is 33.3 Å². The van der Waals surface area contributed by atoms with E-state index in [9.17, 15) is 14.9 Å². The zero-order chi connectivity index (χ0) is 18.7. The van der Waals surface area contributed by atoms with Crippen LogP contribution in [-0.2, 0) is 0 Å². The maximum atomic E-state index is 12.8. The van der Waals surface area contributed by atoms with E-state index in [1.807, 2.05) is 6.92 Å². The molecule has 0 aliphatic rings. The van der Waals surface area contributed by atoms with Crippen LogP contribution in [0.3, 0.4) is 0 Å². The summed E-state index contributed by atoms with van der Waals surface area (Å²) in [5.41, 5.74) is 0.686. The number of anilines is 1. The number of halogens is 1. The van der Waals surface area contributed by atoms with Gasteiger partial charge in [0.15, 0.2) is 5.69 Å². The summed E-state index contributed by atoms with van der Waals surface area (Å²) in [7, 11) is 0. The molecule has 0 spiro atoms. The third-order valence-electron chi connectivity index (χ3n) is 3.66. The van der Waals surface area contributed by atoms with E-state index in [1.54, 1.807) is 42.7 Å². The summed E-state index contributed by atoms with van der Waals surface area (Å²) in [6, 6.07) is 11.2. The Morgan fingerprint density at radius 1 is 1.31 bits per heavy atom. The molecule has 1 aromatic carbocycles. The maximum Gasteiger partial charge on any atom is 0.279 e. The third kappa shape index (κ3) is 3.62. The highest BCUT2D eigenvalue weighted by molar-refractivity contribution is 9.10. The molecule has 3 rings (SSSR count). The SMILES string of the molecule is CCN(C(=O)c1ccn(-c2cccc([N+](=O)[O-])c2)n1)c1ccc(Br)cn1. The number of benzene rings is 1. The number of nitro groups is 1. The Hall–Kier alpha value is -3.07. The molecule has 3 aromatic rings. The summed E-state index contributed by atoms with van der Waals surface area (Å²) in [5.74, 6) is 0.220. The molecule has 2 heterocycles. The van der Waals surface area contributed by atoms with Crippen LogP contribution in [0.5, 0.6) is 0 Å². The van der Waals surface area contributed by atoms with Gasteiger partial charge in [-0.1, -0.05) is 6.07 Å². The zero-order valence-electron chi connectivity index (χ0n) is 13.7. The van der Waals surface area contributed by atoms with Crippen molar-refractivity contribution in [1.29, 1.82) is 0 Å². The van der Waals surface area contributed by atoms with Gasteiger partial charge in [-0.2, -0.15) is 5.10 Å². The molecule has 0 unspecified atom stereocenters. The van der Waals surface area contributed by atoms with Gasteiger partial charge in [-0.15, -0.1) is 0 Å². The van der Waals surface area contributed by atoms with Gasteiger partial charge in [-0.05, 0) is 47.1 Å². The first-order valence-corrected chi connectivity index (χ1v) is 8.53. The summed E-state index contributed by atoms with van der Waals surface area (Å²) >= 11 is 3.31. The number of nitrogens with zero attached hydrogens (tertiary/aromatic N) is 5. The number of carbonyl (C=O) groups excluding carboxylic acids is 1. The molecule has 0 saturated heterocycles. The summed E-state index contributed by atoms with van der Waals surface area (Å²) < 4.78 is 2.25. The van der Waals surface area contributed by atoms with E-state index < -0.39 is 4.92 Å². The first-order valence-electron chi connectivity index (χ1n) is 7.73. The Bertz CT molecular complexity index is 955. The number of pyridine rings is 1. The van der Waals surface area contributed by atoms with Gasteiger partial charge in [-0.3, -0.25) is 19.8 Å². The lowest BCUT2D eigenvalue weighted by Gasteiger charge is -2.18. The second kappa shape index (κ2) is 7.44. The molecule has 0 fully saturated rings. The standard InChI is InChI=1S/C17H14BrN5O3/c1-2-21(16-7-6-12(18)11-19-16)17(24)15-8-9-22(20-15)13-4-3-5-14(10-13)23(25)26/h3-11H,2H2,1H3. The predicted octanol–water partition coefficient (Wildman–Crippen LogP) is 3.60. The molecule has 2 aromatic heterocycles. The van der Waals surface area contributed by atoms with Gasteiger partial charge in [0.2, 0.25) is 0 Å². The smallest absolute Gasteiger partial charge is 0.279 e. The highest BCUT2D eigenvalue weighted by Gasteiger charge is 2.20. The van der Waals surface area contributed by atoms with Crippen molar-refractivity contribution in [2.24, 2.45) is 0 Å². The van der Waals surface area contributed by atoms with E-state index in [4.69, 9.17) is 0 Å². The van der Waals surface area contributed by atoms with Crippen molar-refractivity contribution in [3.8, 4) is 5.69 Å². The molecule has 0 N–H and O–H groups in total. The fourth-order valence-electron chi connectivity index (χ4n) is 2.41. The van der Waals surface area contributed by atoms with Crippen LogP contribution in [0.2, 0.25) is 0 Å². The second-order valence-corrected chi connectivity index (χ2v) is 6.22. The molecule has 0 radical (unpaired) electrons. The molecule has 1 amide bonds. The average molecular weight is 416 g/mol. The number of carbonyl (C=O) groups is 1. The quantitative estimate of drug-likeness (QED) is 0.468. The van der Waals surface area contributed by atoms with Crippen LogP contribution in [0.4, 0.5) is 11.5 Å². The molecular formula is C17H14BrN5O3. The van der Waals surface area contributed by atoms with Gasteiger partial charge in [0.1, 0.15) is 5.82 Å². The van der Waals surface area contributed by atoms with Gasteiger partial charge >= 0.3 is 0 Å². The van der Waals surface area contributed by atoms with Gasteiger partial charge in [0.25, 0.3) is 11.6 Å². The Morgan fingerprint density at radius 2 is 2.12 bits per heavy atom. The monoisotopic (exact) mass is 415 g/mol. The third-order valence-corrected chi connectivity index (χ3v) is 4.13. The molecule has 0 aliphatic carbocycles. The summed E-state index contributed by atoms with van der Waals surface area (Å²) in [5, 5.41) is 15.2. The lowest BCUT2D eigenvalue weighted by Crippen LogP contribution is -2.31. The summed E-state index contributed by atoms with van der Waals surface area (Å²) in [6.07, 6.45) is 3.21. The van der Waals surface area contributed by atoms with E-state index in [2.05, 4.69) is 26.0 Å². The normalized spacial score (nSPS) is 10.5. The summed E-state index contributed by atoms with van der Waals surface area (Å²) in [6.45, 7) is 2.27. The van der Waals surface area contributed by atoms with E-state index >= 15 is 0 Å². The van der Waals surface area contributed by atoms with Crippen LogP contribution < -0.4 is 4.90 Å².